The van der Waals surface area contributed by atoms with E-state index >= 15 is 0 Å². The summed E-state index contributed by atoms with van der Waals surface area (Å²) in [6.07, 6.45) is 4.69. The fourth-order valence-corrected chi connectivity index (χ4v) is 3.53. The molecule has 6 heteroatoms. The Hall–Kier alpha value is -0.880. The van der Waals surface area contributed by atoms with Crippen molar-refractivity contribution in [2.45, 2.75) is 39.2 Å². The summed E-state index contributed by atoms with van der Waals surface area (Å²) in [5.41, 5.74) is 1.12. The first-order valence-corrected chi connectivity index (χ1v) is 10.6. The molecule has 1 aromatic rings. The van der Waals surface area contributed by atoms with Crippen molar-refractivity contribution in [2.24, 2.45) is 0 Å². The molecule has 26 heavy (non-hydrogen) atoms. The minimum Gasteiger partial charge on any atom is -0.379 e. The Balaban J connectivity index is 1.86. The predicted molar refractivity (Wildman–Crippen MR) is 114 cm³/mol. The highest BCUT2D eigenvalue weighted by Gasteiger charge is 2.14. The number of nitrogens with zero attached hydrogens (tertiary/aromatic N) is 2. The summed E-state index contributed by atoms with van der Waals surface area (Å²) in [6.45, 7) is 9.68. The molecule has 0 bridgehead atoms. The maximum absolute atomic E-state index is 6.36. The quantitative estimate of drug-likeness (QED) is 0.477. The van der Waals surface area contributed by atoms with Gasteiger partial charge >= 0.3 is 0 Å². The summed E-state index contributed by atoms with van der Waals surface area (Å²) in [5.74, 6) is 0. The highest BCUT2D eigenvalue weighted by atomic mass is 35.5. The molecule has 1 heterocycles. The Morgan fingerprint density at radius 3 is 2.73 bits per heavy atom. The Kier molecular flexibility index (Phi) is 10.3. The van der Waals surface area contributed by atoms with Crippen LogP contribution in [0.2, 0.25) is 5.02 Å². The van der Waals surface area contributed by atoms with Crippen molar-refractivity contribution in [1.29, 1.82) is 0 Å². The normalized spacial score (nSPS) is 15.0. The molecule has 1 saturated heterocycles. The lowest BCUT2D eigenvalue weighted by Crippen LogP contribution is -2.42. The molecule has 2 rings (SSSR count). The van der Waals surface area contributed by atoms with E-state index < -0.39 is 0 Å². The SMILES string of the molecule is CCCCCNC(=S)N(CCCN1CCOCC1)Cc1ccccc1Cl. The molecule has 4 nitrogen and oxygen atoms in total. The maximum atomic E-state index is 6.36. The van der Waals surface area contributed by atoms with Crippen molar-refractivity contribution < 1.29 is 4.74 Å². The minimum atomic E-state index is 0.752. The summed E-state index contributed by atoms with van der Waals surface area (Å²) in [5, 5.41) is 5.07. The van der Waals surface area contributed by atoms with Gasteiger partial charge in [0.15, 0.2) is 5.11 Å². The lowest BCUT2D eigenvalue weighted by molar-refractivity contribution is 0.0367. The van der Waals surface area contributed by atoms with E-state index in [1.54, 1.807) is 0 Å². The van der Waals surface area contributed by atoms with E-state index in [9.17, 15) is 0 Å². The van der Waals surface area contributed by atoms with Gasteiger partial charge in [-0.2, -0.15) is 0 Å². The minimum absolute atomic E-state index is 0.752. The molecule has 146 valence electrons. The smallest absolute Gasteiger partial charge is 0.169 e. The monoisotopic (exact) mass is 397 g/mol. The standard InChI is InChI=1S/C20H32ClN3OS/c1-2-3-6-10-22-20(26)24(17-18-8-4-5-9-19(18)21)12-7-11-23-13-15-25-16-14-23/h4-5,8-9H,2-3,6-7,10-17H2,1H3,(H,22,26). The zero-order valence-electron chi connectivity index (χ0n) is 15.9. The van der Waals surface area contributed by atoms with Gasteiger partial charge in [0.25, 0.3) is 0 Å². The molecule has 1 aliphatic heterocycles. The number of hydrogen-bond donors (Lipinski definition) is 1. The molecule has 0 spiro atoms. The summed E-state index contributed by atoms with van der Waals surface area (Å²) in [4.78, 5) is 4.72. The van der Waals surface area contributed by atoms with Crippen LogP contribution < -0.4 is 5.32 Å². The number of halogens is 1. The molecule has 0 aromatic heterocycles. The number of unbranched alkanes of at least 4 members (excludes halogenated alkanes) is 2. The van der Waals surface area contributed by atoms with E-state index in [2.05, 4.69) is 28.1 Å². The van der Waals surface area contributed by atoms with Gasteiger partial charge in [0.2, 0.25) is 0 Å². The highest BCUT2D eigenvalue weighted by molar-refractivity contribution is 7.80. The maximum Gasteiger partial charge on any atom is 0.169 e. The third-order valence-corrected chi connectivity index (χ3v) is 5.44. The molecule has 0 unspecified atom stereocenters. The molecule has 0 amide bonds. The van der Waals surface area contributed by atoms with Gasteiger partial charge in [-0.05, 0) is 36.7 Å². The number of hydrogen-bond acceptors (Lipinski definition) is 3. The van der Waals surface area contributed by atoms with Gasteiger partial charge in [0.1, 0.15) is 0 Å². The molecule has 0 radical (unpaired) electrons. The van der Waals surface area contributed by atoms with Crippen LogP contribution in [0.3, 0.4) is 0 Å². The Morgan fingerprint density at radius 1 is 1.23 bits per heavy atom. The Labute approximate surface area is 168 Å². The van der Waals surface area contributed by atoms with E-state index in [4.69, 9.17) is 28.6 Å². The average Bonchev–Trinajstić information content (AvgIpc) is 2.66. The zero-order chi connectivity index (χ0) is 18.6. The van der Waals surface area contributed by atoms with Gasteiger partial charge in [0.05, 0.1) is 13.2 Å². The Morgan fingerprint density at radius 2 is 2.00 bits per heavy atom. The highest BCUT2D eigenvalue weighted by Crippen LogP contribution is 2.17. The lowest BCUT2D eigenvalue weighted by Gasteiger charge is -2.30. The van der Waals surface area contributed by atoms with Crippen LogP contribution >= 0.6 is 23.8 Å². The van der Waals surface area contributed by atoms with E-state index in [0.717, 1.165) is 81.0 Å². The van der Waals surface area contributed by atoms with Crippen LogP contribution in [0.4, 0.5) is 0 Å². The van der Waals surface area contributed by atoms with E-state index in [0.29, 0.717) is 0 Å². The van der Waals surface area contributed by atoms with Gasteiger partial charge in [-0.25, -0.2) is 0 Å². The summed E-state index contributed by atoms with van der Waals surface area (Å²) in [7, 11) is 0. The van der Waals surface area contributed by atoms with Crippen molar-refractivity contribution in [2.75, 3.05) is 45.9 Å². The van der Waals surface area contributed by atoms with Crippen LogP contribution in [-0.4, -0.2) is 60.8 Å². The first-order valence-electron chi connectivity index (χ1n) is 9.77. The fraction of sp³-hybridized carbons (Fsp3) is 0.650. The zero-order valence-corrected chi connectivity index (χ0v) is 17.5. The lowest BCUT2D eigenvalue weighted by atomic mass is 10.2. The van der Waals surface area contributed by atoms with Gasteiger partial charge in [-0.1, -0.05) is 49.6 Å². The van der Waals surface area contributed by atoms with Crippen molar-refractivity contribution >= 4 is 28.9 Å². The van der Waals surface area contributed by atoms with Crippen molar-refractivity contribution in [3.8, 4) is 0 Å². The summed E-state index contributed by atoms with van der Waals surface area (Å²) >= 11 is 12.0. The number of rotatable bonds is 10. The van der Waals surface area contributed by atoms with E-state index in [-0.39, 0.29) is 0 Å². The second-order valence-corrected chi connectivity index (χ2v) is 7.55. The average molecular weight is 398 g/mol. The number of thiocarbonyl (C=S) groups is 1. The number of nitrogens with one attached hydrogen (secondary N) is 1. The van der Waals surface area contributed by atoms with Crippen LogP contribution in [-0.2, 0) is 11.3 Å². The molecule has 1 aromatic carbocycles. The number of morpholine rings is 1. The first kappa shape index (κ1) is 21.4. The van der Waals surface area contributed by atoms with E-state index in [1.165, 1.54) is 12.8 Å². The third-order valence-electron chi connectivity index (χ3n) is 4.67. The van der Waals surface area contributed by atoms with Crippen LogP contribution in [0, 0.1) is 0 Å². The molecule has 1 N–H and O–H groups in total. The van der Waals surface area contributed by atoms with Crippen molar-refractivity contribution in [3.63, 3.8) is 0 Å². The largest absolute Gasteiger partial charge is 0.379 e. The van der Waals surface area contributed by atoms with Gasteiger partial charge in [0, 0.05) is 44.3 Å². The molecule has 0 atom stereocenters. The number of benzene rings is 1. The first-order chi connectivity index (χ1) is 12.7. The second-order valence-electron chi connectivity index (χ2n) is 6.76. The van der Waals surface area contributed by atoms with Crippen LogP contribution in [0.1, 0.15) is 38.2 Å². The third kappa shape index (κ3) is 7.78. The predicted octanol–water partition coefficient (Wildman–Crippen LogP) is 3.93. The molecule has 1 fully saturated rings. The molecular formula is C20H32ClN3OS. The number of ether oxygens (including phenoxy) is 1. The molecule has 0 saturated carbocycles. The van der Waals surface area contributed by atoms with Crippen molar-refractivity contribution in [3.05, 3.63) is 34.9 Å². The topological polar surface area (TPSA) is 27.7 Å². The summed E-state index contributed by atoms with van der Waals surface area (Å²) < 4.78 is 5.42. The van der Waals surface area contributed by atoms with Crippen LogP contribution in [0.5, 0.6) is 0 Å². The van der Waals surface area contributed by atoms with Gasteiger partial charge in [-0.3, -0.25) is 4.90 Å². The molecular weight excluding hydrogens is 366 g/mol. The summed E-state index contributed by atoms with van der Waals surface area (Å²) in [6, 6.07) is 8.03. The molecule has 1 aliphatic rings. The molecule has 0 aliphatic carbocycles. The second kappa shape index (κ2) is 12.5. The van der Waals surface area contributed by atoms with Crippen molar-refractivity contribution in [1.82, 2.24) is 15.1 Å². The van der Waals surface area contributed by atoms with E-state index in [1.807, 2.05) is 18.2 Å². The van der Waals surface area contributed by atoms with Gasteiger partial charge in [-0.15, -0.1) is 0 Å². The van der Waals surface area contributed by atoms with Crippen LogP contribution in [0.25, 0.3) is 0 Å². The van der Waals surface area contributed by atoms with Crippen LogP contribution in [0.15, 0.2) is 24.3 Å². The van der Waals surface area contributed by atoms with Gasteiger partial charge < -0.3 is 15.0 Å². The fourth-order valence-electron chi connectivity index (χ4n) is 3.08. The Bertz CT molecular complexity index is 538.